The molecule has 0 radical (unpaired) electrons. The van der Waals surface area contributed by atoms with E-state index in [0.717, 1.165) is 0 Å². The molecule has 0 unspecified atom stereocenters. The summed E-state index contributed by atoms with van der Waals surface area (Å²) in [5, 5.41) is 1.21. The van der Waals surface area contributed by atoms with E-state index in [4.69, 9.17) is 0 Å². The summed E-state index contributed by atoms with van der Waals surface area (Å²) in [5.41, 5.74) is 0.550. The predicted molar refractivity (Wildman–Crippen MR) is 72.3 cm³/mol. The van der Waals surface area contributed by atoms with Crippen LogP contribution in [-0.2, 0) is 0 Å². The van der Waals surface area contributed by atoms with Gasteiger partial charge in [-0.25, -0.2) is 4.39 Å². The topological polar surface area (TPSA) is 17.1 Å². The molecule has 0 amide bonds. The van der Waals surface area contributed by atoms with Gasteiger partial charge >= 0.3 is 0 Å². The normalized spacial score (nSPS) is 11.8. The third-order valence-corrected chi connectivity index (χ3v) is 2.86. The third-order valence-electron chi connectivity index (χ3n) is 2.86. The summed E-state index contributed by atoms with van der Waals surface area (Å²) in [5.74, 6) is -0.211. The van der Waals surface area contributed by atoms with Crippen LogP contribution < -0.4 is 0 Å². The monoisotopic (exact) mass is 244 g/mol. The molecule has 2 aromatic carbocycles. The van der Waals surface area contributed by atoms with Gasteiger partial charge in [-0.1, -0.05) is 45.0 Å². The first-order valence-electron chi connectivity index (χ1n) is 6.09. The van der Waals surface area contributed by atoms with Gasteiger partial charge in [0.15, 0.2) is 5.78 Å². The molecule has 0 aliphatic carbocycles. The Morgan fingerprint density at radius 3 is 2.28 bits per heavy atom. The van der Waals surface area contributed by atoms with Crippen LogP contribution >= 0.6 is 0 Å². The lowest BCUT2D eigenvalue weighted by molar-refractivity contribution is 0.0941. The second-order valence-electron chi connectivity index (χ2n) is 5.80. The van der Waals surface area contributed by atoms with E-state index < -0.39 is 0 Å². The summed E-state index contributed by atoms with van der Waals surface area (Å²) in [7, 11) is 0. The average Bonchev–Trinajstić information content (AvgIpc) is 2.27. The standard InChI is InChI=1S/C16H17FO/c1-16(2,3)10-15(18)13-8-9-14(17)12-7-5-4-6-11(12)13/h4-9H,10H2,1-3H3. The van der Waals surface area contributed by atoms with Crippen molar-refractivity contribution in [1.29, 1.82) is 0 Å². The van der Waals surface area contributed by atoms with E-state index in [1.54, 1.807) is 24.3 Å². The van der Waals surface area contributed by atoms with E-state index in [-0.39, 0.29) is 17.0 Å². The fourth-order valence-corrected chi connectivity index (χ4v) is 2.08. The van der Waals surface area contributed by atoms with Crippen LogP contribution in [0.2, 0.25) is 0 Å². The van der Waals surface area contributed by atoms with E-state index in [9.17, 15) is 9.18 Å². The van der Waals surface area contributed by atoms with Gasteiger partial charge in [-0.05, 0) is 22.9 Å². The molecular formula is C16H17FO. The first kappa shape index (κ1) is 12.7. The minimum Gasteiger partial charge on any atom is -0.294 e. The number of halogens is 1. The highest BCUT2D eigenvalue weighted by Gasteiger charge is 2.19. The van der Waals surface area contributed by atoms with Gasteiger partial charge in [-0.3, -0.25) is 4.79 Å². The van der Waals surface area contributed by atoms with Gasteiger partial charge in [-0.2, -0.15) is 0 Å². The Hall–Kier alpha value is -1.70. The highest BCUT2D eigenvalue weighted by molar-refractivity contribution is 6.08. The molecule has 1 nitrogen and oxygen atoms in total. The van der Waals surface area contributed by atoms with E-state index in [0.29, 0.717) is 22.8 Å². The Morgan fingerprint density at radius 2 is 1.67 bits per heavy atom. The second-order valence-corrected chi connectivity index (χ2v) is 5.80. The van der Waals surface area contributed by atoms with E-state index in [1.165, 1.54) is 6.07 Å². The molecule has 2 rings (SSSR count). The number of fused-ring (bicyclic) bond motifs is 1. The number of hydrogen-bond acceptors (Lipinski definition) is 1. The number of carbonyl (C=O) groups excluding carboxylic acids is 1. The molecule has 0 aromatic heterocycles. The Bertz CT molecular complexity index is 594. The number of benzene rings is 2. The summed E-state index contributed by atoms with van der Waals surface area (Å²) >= 11 is 0. The van der Waals surface area contributed by atoms with Gasteiger partial charge in [0.25, 0.3) is 0 Å². The lowest BCUT2D eigenvalue weighted by Crippen LogP contribution is -2.13. The quantitative estimate of drug-likeness (QED) is 0.706. The number of hydrogen-bond donors (Lipinski definition) is 0. The minimum absolute atomic E-state index is 0.0629. The Kier molecular flexibility index (Phi) is 3.20. The molecule has 0 saturated heterocycles. The highest BCUT2D eigenvalue weighted by atomic mass is 19.1. The number of ketones is 1. The van der Waals surface area contributed by atoms with Crippen molar-refractivity contribution < 1.29 is 9.18 Å². The highest BCUT2D eigenvalue weighted by Crippen LogP contribution is 2.27. The Balaban J connectivity index is 2.52. The lowest BCUT2D eigenvalue weighted by atomic mass is 9.86. The maximum Gasteiger partial charge on any atom is 0.164 e. The lowest BCUT2D eigenvalue weighted by Gasteiger charge is -2.17. The molecule has 0 N–H and O–H groups in total. The molecule has 2 aromatic rings. The van der Waals surface area contributed by atoms with Gasteiger partial charge < -0.3 is 0 Å². The first-order chi connectivity index (χ1) is 8.38. The first-order valence-corrected chi connectivity index (χ1v) is 6.09. The molecule has 0 aliphatic rings. The van der Waals surface area contributed by atoms with Gasteiger partial charge in [0.2, 0.25) is 0 Å². The molecule has 0 atom stereocenters. The molecule has 0 saturated carbocycles. The van der Waals surface area contributed by atoms with Crippen molar-refractivity contribution in [2.75, 3.05) is 0 Å². The molecule has 2 heteroatoms. The summed E-state index contributed by atoms with van der Waals surface area (Å²) in [6.45, 7) is 6.07. The van der Waals surface area contributed by atoms with E-state index in [2.05, 4.69) is 0 Å². The molecular weight excluding hydrogens is 227 g/mol. The van der Waals surface area contributed by atoms with Crippen LogP contribution in [0.3, 0.4) is 0 Å². The average molecular weight is 244 g/mol. The van der Waals surface area contributed by atoms with Crippen molar-refractivity contribution in [3.05, 3.63) is 47.8 Å². The van der Waals surface area contributed by atoms with Gasteiger partial charge in [-0.15, -0.1) is 0 Å². The number of Topliss-reactive ketones (excluding diaryl/α,β-unsaturated/α-hetero) is 1. The van der Waals surface area contributed by atoms with E-state index >= 15 is 0 Å². The van der Waals surface area contributed by atoms with Crippen LogP contribution in [0.5, 0.6) is 0 Å². The zero-order valence-electron chi connectivity index (χ0n) is 11.0. The summed E-state index contributed by atoms with van der Waals surface area (Å²) in [6, 6.07) is 10.1. The summed E-state index contributed by atoms with van der Waals surface area (Å²) in [4.78, 5) is 12.3. The van der Waals surface area contributed by atoms with Crippen molar-refractivity contribution in [2.24, 2.45) is 5.41 Å². The van der Waals surface area contributed by atoms with Crippen LogP contribution in [0.4, 0.5) is 4.39 Å². The Morgan fingerprint density at radius 1 is 1.06 bits per heavy atom. The van der Waals surface area contributed by atoms with Crippen LogP contribution in [0, 0.1) is 11.2 Å². The smallest absolute Gasteiger partial charge is 0.164 e. The van der Waals surface area contributed by atoms with Crippen molar-refractivity contribution in [2.45, 2.75) is 27.2 Å². The molecule has 0 bridgehead atoms. The van der Waals surface area contributed by atoms with Gasteiger partial charge in [0.05, 0.1) is 0 Å². The maximum atomic E-state index is 13.7. The molecule has 18 heavy (non-hydrogen) atoms. The largest absolute Gasteiger partial charge is 0.294 e. The minimum atomic E-state index is -0.280. The Labute approximate surface area is 107 Å². The zero-order valence-corrected chi connectivity index (χ0v) is 11.0. The number of rotatable bonds is 2. The molecule has 0 spiro atoms. The van der Waals surface area contributed by atoms with E-state index in [1.807, 2.05) is 26.8 Å². The fraction of sp³-hybridized carbons (Fsp3) is 0.312. The number of carbonyl (C=O) groups is 1. The second kappa shape index (κ2) is 4.52. The van der Waals surface area contributed by atoms with Crippen molar-refractivity contribution in [3.8, 4) is 0 Å². The molecule has 94 valence electrons. The third kappa shape index (κ3) is 2.58. The van der Waals surface area contributed by atoms with Gasteiger partial charge in [0.1, 0.15) is 5.82 Å². The SMILES string of the molecule is CC(C)(C)CC(=O)c1ccc(F)c2ccccc12. The fourth-order valence-electron chi connectivity index (χ4n) is 2.08. The summed E-state index contributed by atoms with van der Waals surface area (Å²) in [6.07, 6.45) is 0.461. The molecule has 0 heterocycles. The van der Waals surface area contributed by atoms with Crippen LogP contribution in [0.1, 0.15) is 37.6 Å². The van der Waals surface area contributed by atoms with Crippen LogP contribution in [-0.4, -0.2) is 5.78 Å². The van der Waals surface area contributed by atoms with Crippen molar-refractivity contribution in [3.63, 3.8) is 0 Å². The zero-order chi connectivity index (χ0) is 13.3. The maximum absolute atomic E-state index is 13.7. The molecule has 0 fully saturated rings. The van der Waals surface area contributed by atoms with Gasteiger partial charge in [0, 0.05) is 17.4 Å². The van der Waals surface area contributed by atoms with Crippen molar-refractivity contribution >= 4 is 16.6 Å². The van der Waals surface area contributed by atoms with Crippen molar-refractivity contribution in [1.82, 2.24) is 0 Å². The predicted octanol–water partition coefficient (Wildman–Crippen LogP) is 4.60. The van der Waals surface area contributed by atoms with Crippen LogP contribution in [0.25, 0.3) is 10.8 Å². The van der Waals surface area contributed by atoms with Crippen LogP contribution in [0.15, 0.2) is 36.4 Å². The molecule has 0 aliphatic heterocycles. The summed E-state index contributed by atoms with van der Waals surface area (Å²) < 4.78 is 13.7.